The van der Waals surface area contributed by atoms with Crippen molar-refractivity contribution in [2.75, 3.05) is 20.6 Å². The average Bonchev–Trinajstić information content (AvgIpc) is 3.03. The number of hydrogen-bond donors (Lipinski definition) is 3. The zero-order valence-electron chi connectivity index (χ0n) is 14.6. The molecule has 6 nitrogen and oxygen atoms in total. The van der Waals surface area contributed by atoms with Crippen LogP contribution in [0.4, 0.5) is 0 Å². The van der Waals surface area contributed by atoms with Gasteiger partial charge in [-0.1, -0.05) is 12.1 Å². The largest absolute Gasteiger partial charge is 0.356 e. The molecular weight excluding hydrogens is 449 g/mol. The summed E-state index contributed by atoms with van der Waals surface area (Å²) in [6.45, 7) is 3.48. The average molecular weight is 473 g/mol. The number of amides is 1. The molecule has 0 aliphatic rings. The quantitative estimate of drug-likeness (QED) is 0.342. The van der Waals surface area contributed by atoms with Crippen LogP contribution >= 0.6 is 35.3 Å². The summed E-state index contributed by atoms with van der Waals surface area (Å²) in [6.07, 6.45) is 2.77. The van der Waals surface area contributed by atoms with E-state index in [0.29, 0.717) is 12.1 Å². The molecule has 25 heavy (non-hydrogen) atoms. The molecule has 8 heteroatoms. The number of hydrogen-bond acceptors (Lipinski definition) is 4. The molecule has 0 atom stereocenters. The maximum absolute atomic E-state index is 11.5. The summed E-state index contributed by atoms with van der Waals surface area (Å²) in [7, 11) is 3.37. The van der Waals surface area contributed by atoms with E-state index in [4.69, 9.17) is 0 Å². The fourth-order valence-corrected chi connectivity index (χ4v) is 2.92. The van der Waals surface area contributed by atoms with Gasteiger partial charge in [0.1, 0.15) is 0 Å². The second kappa shape index (κ2) is 11.0. The Hall–Kier alpha value is -1.68. The van der Waals surface area contributed by atoms with Gasteiger partial charge in [0.15, 0.2) is 5.96 Å². The van der Waals surface area contributed by atoms with E-state index in [-0.39, 0.29) is 29.9 Å². The van der Waals surface area contributed by atoms with Gasteiger partial charge in [0.25, 0.3) is 5.91 Å². The smallest absolute Gasteiger partial charge is 0.251 e. The molecule has 0 saturated heterocycles. The number of rotatable bonds is 6. The molecule has 0 aliphatic heterocycles. The highest BCUT2D eigenvalue weighted by atomic mass is 127. The zero-order valence-corrected chi connectivity index (χ0v) is 17.8. The van der Waals surface area contributed by atoms with E-state index in [2.05, 4.69) is 32.9 Å². The fraction of sp³-hybridized carbons (Fsp3) is 0.353. The van der Waals surface area contributed by atoms with Crippen LogP contribution in [0.25, 0.3) is 0 Å². The molecule has 1 heterocycles. The minimum atomic E-state index is -0.0793. The van der Waals surface area contributed by atoms with E-state index in [0.717, 1.165) is 29.5 Å². The van der Waals surface area contributed by atoms with Gasteiger partial charge >= 0.3 is 0 Å². The number of halogens is 1. The summed E-state index contributed by atoms with van der Waals surface area (Å²) in [6, 6.07) is 7.50. The van der Waals surface area contributed by atoms with Gasteiger partial charge in [-0.05, 0) is 24.6 Å². The highest BCUT2D eigenvalue weighted by molar-refractivity contribution is 14.0. The summed E-state index contributed by atoms with van der Waals surface area (Å²) in [5, 5.41) is 10.3. The number of carbonyl (C=O) groups excluding carboxylic acids is 1. The Bertz CT molecular complexity index is 699. The summed E-state index contributed by atoms with van der Waals surface area (Å²) in [5.41, 5.74) is 1.74. The van der Waals surface area contributed by atoms with Crippen LogP contribution in [-0.2, 0) is 13.0 Å². The molecule has 1 amide bonds. The molecule has 1 aromatic heterocycles. The molecule has 0 unspecified atom stereocenters. The van der Waals surface area contributed by atoms with Gasteiger partial charge in [0.2, 0.25) is 0 Å². The SMILES string of the molecule is CN=C(NCCc1ncc(C)s1)NCc1ccc(C(=O)NC)cc1.I. The lowest BCUT2D eigenvalue weighted by Gasteiger charge is -2.11. The van der Waals surface area contributed by atoms with Crippen molar-refractivity contribution in [1.29, 1.82) is 0 Å². The molecule has 0 spiro atoms. The number of guanidine groups is 1. The predicted molar refractivity (Wildman–Crippen MR) is 114 cm³/mol. The van der Waals surface area contributed by atoms with Crippen molar-refractivity contribution in [3.63, 3.8) is 0 Å². The van der Waals surface area contributed by atoms with E-state index in [1.807, 2.05) is 30.5 Å². The maximum atomic E-state index is 11.5. The number of carbonyl (C=O) groups is 1. The van der Waals surface area contributed by atoms with E-state index >= 15 is 0 Å². The first-order chi connectivity index (χ1) is 11.6. The first-order valence-electron chi connectivity index (χ1n) is 7.79. The third kappa shape index (κ3) is 6.99. The fourth-order valence-electron chi connectivity index (χ4n) is 2.13. The molecule has 136 valence electrons. The minimum absolute atomic E-state index is 0. The van der Waals surface area contributed by atoms with Crippen LogP contribution in [0.15, 0.2) is 35.5 Å². The van der Waals surface area contributed by atoms with Crippen LogP contribution in [-0.4, -0.2) is 37.5 Å². The van der Waals surface area contributed by atoms with Crippen LogP contribution in [0.3, 0.4) is 0 Å². The van der Waals surface area contributed by atoms with Crippen molar-refractivity contribution in [1.82, 2.24) is 20.9 Å². The van der Waals surface area contributed by atoms with Gasteiger partial charge < -0.3 is 16.0 Å². The maximum Gasteiger partial charge on any atom is 0.251 e. The number of thiazole rings is 1. The number of nitrogens with zero attached hydrogens (tertiary/aromatic N) is 2. The van der Waals surface area contributed by atoms with Crippen LogP contribution < -0.4 is 16.0 Å². The highest BCUT2D eigenvalue weighted by Gasteiger charge is 2.04. The van der Waals surface area contributed by atoms with Gasteiger partial charge in [-0.3, -0.25) is 9.79 Å². The van der Waals surface area contributed by atoms with Crippen LogP contribution in [0.2, 0.25) is 0 Å². The van der Waals surface area contributed by atoms with Gasteiger partial charge in [-0.25, -0.2) is 4.98 Å². The minimum Gasteiger partial charge on any atom is -0.356 e. The van der Waals surface area contributed by atoms with Gasteiger partial charge in [-0.15, -0.1) is 35.3 Å². The molecule has 3 N–H and O–H groups in total. The predicted octanol–water partition coefficient (Wildman–Crippen LogP) is 2.34. The van der Waals surface area contributed by atoms with Crippen molar-refractivity contribution in [3.8, 4) is 0 Å². The lowest BCUT2D eigenvalue weighted by atomic mass is 10.1. The molecule has 0 fully saturated rings. The van der Waals surface area contributed by atoms with E-state index in [1.165, 1.54) is 4.88 Å². The molecule has 0 saturated carbocycles. The number of aromatic nitrogens is 1. The zero-order chi connectivity index (χ0) is 17.4. The molecule has 2 rings (SSSR count). The highest BCUT2D eigenvalue weighted by Crippen LogP contribution is 2.10. The van der Waals surface area contributed by atoms with E-state index in [1.54, 1.807) is 25.4 Å². The Balaban J connectivity index is 0.00000312. The van der Waals surface area contributed by atoms with Gasteiger partial charge in [0.05, 0.1) is 5.01 Å². The Kier molecular flexibility index (Phi) is 9.43. The number of benzene rings is 1. The lowest BCUT2D eigenvalue weighted by Crippen LogP contribution is -2.37. The molecular formula is C17H24IN5OS. The number of aryl methyl sites for hydroxylation is 1. The van der Waals surface area contributed by atoms with Crippen molar-refractivity contribution in [2.24, 2.45) is 4.99 Å². The van der Waals surface area contributed by atoms with Gasteiger partial charge in [-0.2, -0.15) is 0 Å². The van der Waals surface area contributed by atoms with E-state index in [9.17, 15) is 4.79 Å². The van der Waals surface area contributed by atoms with Crippen molar-refractivity contribution in [2.45, 2.75) is 19.9 Å². The van der Waals surface area contributed by atoms with Crippen LogP contribution in [0.1, 0.15) is 25.8 Å². The number of aliphatic imine (C=N–C) groups is 1. The Labute approximate surface area is 169 Å². The second-order valence-electron chi connectivity index (χ2n) is 5.24. The summed E-state index contributed by atoms with van der Waals surface area (Å²) < 4.78 is 0. The van der Waals surface area contributed by atoms with Gasteiger partial charge in [0, 0.05) is 50.2 Å². The monoisotopic (exact) mass is 473 g/mol. The van der Waals surface area contributed by atoms with Crippen LogP contribution in [0, 0.1) is 6.92 Å². The summed E-state index contributed by atoms with van der Waals surface area (Å²) in [5.74, 6) is 0.670. The third-order valence-electron chi connectivity index (χ3n) is 3.43. The first-order valence-corrected chi connectivity index (χ1v) is 8.61. The Morgan fingerprint density at radius 1 is 1.24 bits per heavy atom. The first kappa shape index (κ1) is 21.4. The Morgan fingerprint density at radius 3 is 2.52 bits per heavy atom. The topological polar surface area (TPSA) is 78.4 Å². The molecule has 1 aromatic carbocycles. The third-order valence-corrected chi connectivity index (χ3v) is 4.40. The molecule has 0 aliphatic carbocycles. The number of nitrogens with one attached hydrogen (secondary N) is 3. The molecule has 2 aromatic rings. The van der Waals surface area contributed by atoms with Crippen LogP contribution in [0.5, 0.6) is 0 Å². The standard InChI is InChI=1S/C17H23N5OS.HI/c1-12-10-21-15(24-12)8-9-20-17(19-3)22-11-13-4-6-14(7-5-13)16(23)18-2;/h4-7,10H,8-9,11H2,1-3H3,(H,18,23)(H2,19,20,22);1H. The Morgan fingerprint density at radius 2 is 1.96 bits per heavy atom. The van der Waals surface area contributed by atoms with Crippen molar-refractivity contribution in [3.05, 3.63) is 51.5 Å². The van der Waals surface area contributed by atoms with Crippen molar-refractivity contribution < 1.29 is 4.79 Å². The van der Waals surface area contributed by atoms with E-state index < -0.39 is 0 Å². The lowest BCUT2D eigenvalue weighted by molar-refractivity contribution is 0.0963. The summed E-state index contributed by atoms with van der Waals surface area (Å²) >= 11 is 1.72. The second-order valence-corrected chi connectivity index (χ2v) is 6.56. The van der Waals surface area contributed by atoms with Crippen molar-refractivity contribution >= 4 is 47.2 Å². The molecule has 0 bridgehead atoms. The normalized spacial score (nSPS) is 10.8. The molecule has 0 radical (unpaired) electrons. The summed E-state index contributed by atoms with van der Waals surface area (Å²) in [4.78, 5) is 21.3.